The topological polar surface area (TPSA) is 41.5 Å². The van der Waals surface area contributed by atoms with E-state index < -0.39 is 0 Å². The number of methoxy groups -OCH3 is 1. The molecule has 0 unspecified atom stereocenters. The Morgan fingerprint density at radius 1 is 1.47 bits per heavy atom. The summed E-state index contributed by atoms with van der Waals surface area (Å²) in [4.78, 5) is 0. The summed E-state index contributed by atoms with van der Waals surface area (Å²) in [5.74, 6) is 0.878. The third kappa shape index (κ3) is 3.90. The molecule has 0 amide bonds. The summed E-state index contributed by atoms with van der Waals surface area (Å²) in [7, 11) is 1.67. The fourth-order valence-electron chi connectivity index (χ4n) is 1.43. The molecule has 3 nitrogen and oxygen atoms in total. The van der Waals surface area contributed by atoms with Gasteiger partial charge < -0.3 is 15.2 Å². The molecule has 0 saturated carbocycles. The first-order chi connectivity index (χ1) is 7.27. The molecular formula is C12H19NO2. The van der Waals surface area contributed by atoms with Crippen LogP contribution in [0.15, 0.2) is 24.3 Å². The predicted molar refractivity (Wildman–Crippen MR) is 61.1 cm³/mol. The second-order valence-electron chi connectivity index (χ2n) is 3.53. The number of hydrogen-bond donors (Lipinski definition) is 2. The molecule has 0 radical (unpaired) electrons. The maximum atomic E-state index is 8.67. The van der Waals surface area contributed by atoms with Gasteiger partial charge in [0.2, 0.25) is 0 Å². The summed E-state index contributed by atoms with van der Waals surface area (Å²) < 4.78 is 5.16. The van der Waals surface area contributed by atoms with Gasteiger partial charge in [0.15, 0.2) is 0 Å². The fourth-order valence-corrected chi connectivity index (χ4v) is 1.43. The molecule has 1 rings (SSSR count). The van der Waals surface area contributed by atoms with E-state index in [1.807, 2.05) is 18.2 Å². The predicted octanol–water partition coefficient (Wildman–Crippen LogP) is 1.73. The summed E-state index contributed by atoms with van der Waals surface area (Å²) in [6.45, 7) is 3.17. The van der Waals surface area contributed by atoms with Gasteiger partial charge >= 0.3 is 0 Å². The van der Waals surface area contributed by atoms with Crippen LogP contribution in [0.4, 0.5) is 0 Å². The summed E-state index contributed by atoms with van der Waals surface area (Å²) in [5, 5.41) is 12.0. The van der Waals surface area contributed by atoms with Crippen LogP contribution in [-0.4, -0.2) is 25.4 Å². The molecule has 0 bridgehead atoms. The molecule has 0 heterocycles. The van der Waals surface area contributed by atoms with Crippen molar-refractivity contribution in [3.63, 3.8) is 0 Å². The van der Waals surface area contributed by atoms with Crippen LogP contribution in [0.5, 0.6) is 5.75 Å². The van der Waals surface area contributed by atoms with Crippen molar-refractivity contribution in [1.29, 1.82) is 0 Å². The van der Waals surface area contributed by atoms with Gasteiger partial charge in [0.25, 0.3) is 0 Å². The van der Waals surface area contributed by atoms with E-state index >= 15 is 0 Å². The van der Waals surface area contributed by atoms with Crippen LogP contribution in [0, 0.1) is 0 Å². The van der Waals surface area contributed by atoms with Crippen LogP contribution < -0.4 is 10.1 Å². The minimum atomic E-state index is 0.234. The lowest BCUT2D eigenvalue weighted by Crippen LogP contribution is -2.20. The van der Waals surface area contributed by atoms with Crippen LogP contribution in [-0.2, 0) is 0 Å². The van der Waals surface area contributed by atoms with Crippen molar-refractivity contribution in [1.82, 2.24) is 5.32 Å². The largest absolute Gasteiger partial charge is 0.497 e. The van der Waals surface area contributed by atoms with Gasteiger partial charge in [-0.3, -0.25) is 0 Å². The number of aliphatic hydroxyl groups is 1. The van der Waals surface area contributed by atoms with Crippen molar-refractivity contribution >= 4 is 0 Å². The average Bonchev–Trinajstić information content (AvgIpc) is 2.29. The van der Waals surface area contributed by atoms with Gasteiger partial charge in [-0.2, -0.15) is 0 Å². The highest BCUT2D eigenvalue weighted by Gasteiger charge is 2.04. The quantitative estimate of drug-likeness (QED) is 0.701. The molecule has 15 heavy (non-hydrogen) atoms. The van der Waals surface area contributed by atoms with E-state index in [0.29, 0.717) is 0 Å². The first-order valence-corrected chi connectivity index (χ1v) is 5.26. The zero-order chi connectivity index (χ0) is 11.1. The number of ether oxygens (including phenoxy) is 1. The maximum absolute atomic E-state index is 8.67. The number of rotatable bonds is 6. The second-order valence-corrected chi connectivity index (χ2v) is 3.53. The van der Waals surface area contributed by atoms with Gasteiger partial charge in [-0.1, -0.05) is 12.1 Å². The molecule has 0 spiro atoms. The Bertz CT molecular complexity index is 289. The Labute approximate surface area is 91.1 Å². The summed E-state index contributed by atoms with van der Waals surface area (Å²) in [6, 6.07) is 8.30. The molecule has 1 atom stereocenters. The molecular weight excluding hydrogens is 190 g/mol. The molecule has 84 valence electrons. The molecule has 2 N–H and O–H groups in total. The molecule has 1 aromatic carbocycles. The molecule has 0 aromatic heterocycles. The number of benzene rings is 1. The highest BCUT2D eigenvalue weighted by molar-refractivity contribution is 5.30. The van der Waals surface area contributed by atoms with Crippen LogP contribution >= 0.6 is 0 Å². The van der Waals surface area contributed by atoms with Crippen molar-refractivity contribution < 1.29 is 9.84 Å². The van der Waals surface area contributed by atoms with E-state index in [-0.39, 0.29) is 12.6 Å². The zero-order valence-corrected chi connectivity index (χ0v) is 9.36. The highest BCUT2D eigenvalue weighted by atomic mass is 16.5. The lowest BCUT2D eigenvalue weighted by Gasteiger charge is -2.14. The van der Waals surface area contributed by atoms with Gasteiger partial charge in [-0.05, 0) is 37.6 Å². The third-order valence-electron chi connectivity index (χ3n) is 2.38. The lowest BCUT2D eigenvalue weighted by molar-refractivity contribution is 0.284. The maximum Gasteiger partial charge on any atom is 0.119 e. The Hall–Kier alpha value is -1.06. The minimum Gasteiger partial charge on any atom is -0.497 e. The van der Waals surface area contributed by atoms with Crippen molar-refractivity contribution in [3.05, 3.63) is 29.8 Å². The monoisotopic (exact) mass is 209 g/mol. The molecule has 0 aliphatic heterocycles. The van der Waals surface area contributed by atoms with Gasteiger partial charge in [0.05, 0.1) is 7.11 Å². The molecule has 0 aliphatic rings. The zero-order valence-electron chi connectivity index (χ0n) is 9.36. The van der Waals surface area contributed by atoms with Crippen molar-refractivity contribution in [2.75, 3.05) is 20.3 Å². The third-order valence-corrected chi connectivity index (χ3v) is 2.38. The first-order valence-electron chi connectivity index (χ1n) is 5.26. The lowest BCUT2D eigenvalue weighted by atomic mass is 10.1. The van der Waals surface area contributed by atoms with Crippen molar-refractivity contribution in [3.8, 4) is 5.75 Å². The van der Waals surface area contributed by atoms with Gasteiger partial charge in [0, 0.05) is 12.6 Å². The smallest absolute Gasteiger partial charge is 0.119 e. The molecule has 0 aliphatic carbocycles. The standard InChI is InChI=1S/C12H19NO2/c1-10(13-7-4-8-14)11-5-3-6-12(9-11)15-2/h3,5-6,9-10,13-14H,4,7-8H2,1-2H3/t10-/m0/s1. The summed E-state index contributed by atoms with van der Waals surface area (Å²) >= 11 is 0. The average molecular weight is 209 g/mol. The van der Waals surface area contributed by atoms with E-state index in [4.69, 9.17) is 9.84 Å². The van der Waals surface area contributed by atoms with Crippen LogP contribution in [0.2, 0.25) is 0 Å². The van der Waals surface area contributed by atoms with E-state index in [9.17, 15) is 0 Å². The Morgan fingerprint density at radius 3 is 2.93 bits per heavy atom. The Morgan fingerprint density at radius 2 is 2.27 bits per heavy atom. The van der Waals surface area contributed by atoms with Gasteiger partial charge in [0.1, 0.15) is 5.75 Å². The number of hydrogen-bond acceptors (Lipinski definition) is 3. The van der Waals surface area contributed by atoms with Crippen molar-refractivity contribution in [2.45, 2.75) is 19.4 Å². The summed E-state index contributed by atoms with van der Waals surface area (Å²) in [5.41, 5.74) is 1.20. The molecule has 3 heteroatoms. The minimum absolute atomic E-state index is 0.234. The Balaban J connectivity index is 2.52. The Kier molecular flexibility index (Phi) is 5.15. The molecule has 1 aromatic rings. The van der Waals surface area contributed by atoms with E-state index in [2.05, 4.69) is 18.3 Å². The van der Waals surface area contributed by atoms with E-state index in [1.54, 1.807) is 7.11 Å². The van der Waals surface area contributed by atoms with Gasteiger partial charge in [-0.25, -0.2) is 0 Å². The molecule has 0 saturated heterocycles. The van der Waals surface area contributed by atoms with Gasteiger partial charge in [-0.15, -0.1) is 0 Å². The van der Waals surface area contributed by atoms with E-state index in [0.717, 1.165) is 18.7 Å². The second kappa shape index (κ2) is 6.43. The first kappa shape index (κ1) is 12.0. The van der Waals surface area contributed by atoms with Crippen LogP contribution in [0.1, 0.15) is 24.9 Å². The van der Waals surface area contributed by atoms with Crippen molar-refractivity contribution in [2.24, 2.45) is 0 Å². The normalized spacial score (nSPS) is 12.5. The summed E-state index contributed by atoms with van der Waals surface area (Å²) in [6.07, 6.45) is 0.786. The highest BCUT2D eigenvalue weighted by Crippen LogP contribution is 2.18. The van der Waals surface area contributed by atoms with Crippen LogP contribution in [0.3, 0.4) is 0 Å². The fraction of sp³-hybridized carbons (Fsp3) is 0.500. The van der Waals surface area contributed by atoms with Crippen LogP contribution in [0.25, 0.3) is 0 Å². The number of aliphatic hydroxyl groups excluding tert-OH is 1. The number of nitrogens with one attached hydrogen (secondary N) is 1. The van der Waals surface area contributed by atoms with E-state index in [1.165, 1.54) is 5.56 Å². The SMILES string of the molecule is COc1cccc([C@H](C)NCCCO)c1. The molecule has 0 fully saturated rings.